The Balaban J connectivity index is 2.67. The molecule has 132 valence electrons. The van der Waals surface area contributed by atoms with Crippen LogP contribution in [0.4, 0.5) is 4.79 Å². The molecule has 0 aliphatic heterocycles. The second-order valence-electron chi connectivity index (χ2n) is 6.72. The highest BCUT2D eigenvalue weighted by Gasteiger charge is 2.31. The van der Waals surface area contributed by atoms with Crippen LogP contribution in [0.15, 0.2) is 43.0 Å². The molecule has 0 bridgehead atoms. The number of ether oxygens (including phenoxy) is 2. The number of rotatable bonds is 7. The molecular formula is C19H27NO4. The van der Waals surface area contributed by atoms with E-state index in [0.29, 0.717) is 6.42 Å². The van der Waals surface area contributed by atoms with Gasteiger partial charge in [0, 0.05) is 0 Å². The highest BCUT2D eigenvalue weighted by Crippen LogP contribution is 2.15. The van der Waals surface area contributed by atoms with Gasteiger partial charge in [-0.2, -0.15) is 0 Å². The van der Waals surface area contributed by atoms with Crippen molar-refractivity contribution in [2.45, 2.75) is 52.4 Å². The van der Waals surface area contributed by atoms with Gasteiger partial charge in [0.15, 0.2) is 0 Å². The van der Waals surface area contributed by atoms with Crippen LogP contribution in [0.5, 0.6) is 0 Å². The van der Waals surface area contributed by atoms with E-state index in [1.54, 1.807) is 26.8 Å². The van der Waals surface area contributed by atoms with Gasteiger partial charge in [0.1, 0.15) is 18.2 Å². The van der Waals surface area contributed by atoms with Crippen LogP contribution in [-0.2, 0) is 20.9 Å². The smallest absolute Gasteiger partial charge is 0.408 e. The molecule has 1 aromatic carbocycles. The fourth-order valence-electron chi connectivity index (χ4n) is 2.09. The maximum atomic E-state index is 12.4. The van der Waals surface area contributed by atoms with E-state index < -0.39 is 23.7 Å². The summed E-state index contributed by atoms with van der Waals surface area (Å²) in [5, 5.41) is 2.61. The van der Waals surface area contributed by atoms with Crippen molar-refractivity contribution >= 4 is 12.1 Å². The molecule has 1 unspecified atom stereocenters. The third-order valence-corrected chi connectivity index (χ3v) is 3.25. The Labute approximate surface area is 144 Å². The number of esters is 1. The third kappa shape index (κ3) is 7.31. The Bertz CT molecular complexity index is 548. The van der Waals surface area contributed by atoms with Crippen LogP contribution in [-0.4, -0.2) is 23.7 Å². The fraction of sp³-hybridized carbons (Fsp3) is 0.474. The maximum absolute atomic E-state index is 12.4. The van der Waals surface area contributed by atoms with E-state index in [2.05, 4.69) is 11.9 Å². The summed E-state index contributed by atoms with van der Waals surface area (Å²) in [6, 6.07) is 8.56. The second-order valence-corrected chi connectivity index (χ2v) is 6.72. The molecule has 1 N–H and O–H groups in total. The molecule has 0 saturated heterocycles. The third-order valence-electron chi connectivity index (χ3n) is 3.25. The Morgan fingerprint density at radius 2 is 1.88 bits per heavy atom. The number of benzene rings is 1. The Morgan fingerprint density at radius 3 is 2.42 bits per heavy atom. The molecule has 5 nitrogen and oxygen atoms in total. The van der Waals surface area contributed by atoms with Crippen LogP contribution in [0.25, 0.3) is 0 Å². The highest BCUT2D eigenvalue weighted by atomic mass is 16.6. The highest BCUT2D eigenvalue weighted by molar-refractivity contribution is 5.82. The first-order valence-corrected chi connectivity index (χ1v) is 8.04. The standard InChI is InChI=1S/C19H27NO4/c1-6-10-14(2)16(17(21)24-19(3,4)5)20-18(22)23-13-15-11-8-7-9-12-15/h6-9,11-12,14,16H,1,10,13H2,2-5H3,(H,20,22)/t14?,16-/m0/s1. The maximum Gasteiger partial charge on any atom is 0.408 e. The van der Waals surface area contributed by atoms with Gasteiger partial charge in [0.05, 0.1) is 0 Å². The zero-order valence-electron chi connectivity index (χ0n) is 14.9. The van der Waals surface area contributed by atoms with E-state index in [9.17, 15) is 9.59 Å². The SMILES string of the molecule is C=CCC(C)[C@H](NC(=O)OCc1ccccc1)C(=O)OC(C)(C)C. The molecule has 0 aromatic heterocycles. The lowest BCUT2D eigenvalue weighted by Crippen LogP contribution is -2.48. The average Bonchev–Trinajstić information content (AvgIpc) is 2.50. The molecule has 0 radical (unpaired) electrons. The molecular weight excluding hydrogens is 306 g/mol. The van der Waals surface area contributed by atoms with Crippen molar-refractivity contribution in [3.8, 4) is 0 Å². The van der Waals surface area contributed by atoms with Crippen molar-refractivity contribution in [2.75, 3.05) is 0 Å². The molecule has 0 heterocycles. The van der Waals surface area contributed by atoms with Gasteiger partial charge in [-0.3, -0.25) is 0 Å². The lowest BCUT2D eigenvalue weighted by molar-refractivity contribution is -0.158. The van der Waals surface area contributed by atoms with Crippen molar-refractivity contribution in [3.05, 3.63) is 48.6 Å². The summed E-state index contributed by atoms with van der Waals surface area (Å²) in [5.74, 6) is -0.630. The molecule has 5 heteroatoms. The molecule has 0 aliphatic carbocycles. The quantitative estimate of drug-likeness (QED) is 0.608. The molecule has 1 rings (SSSR count). The topological polar surface area (TPSA) is 64.6 Å². The molecule has 0 saturated carbocycles. The first-order chi connectivity index (χ1) is 11.2. The molecule has 0 fully saturated rings. The Morgan fingerprint density at radius 1 is 1.25 bits per heavy atom. The van der Waals surface area contributed by atoms with E-state index >= 15 is 0 Å². The summed E-state index contributed by atoms with van der Waals surface area (Å²) in [6.07, 6.45) is 1.63. The minimum atomic E-state index is -0.787. The minimum absolute atomic E-state index is 0.142. The van der Waals surface area contributed by atoms with Crippen molar-refractivity contribution in [1.29, 1.82) is 0 Å². The van der Waals surface area contributed by atoms with E-state index in [0.717, 1.165) is 5.56 Å². The van der Waals surface area contributed by atoms with Crippen LogP contribution in [0.1, 0.15) is 39.7 Å². The fourth-order valence-corrected chi connectivity index (χ4v) is 2.09. The predicted octanol–water partition coefficient (Wildman–Crippen LogP) is 3.84. The van der Waals surface area contributed by atoms with Gasteiger partial charge < -0.3 is 14.8 Å². The Kier molecular flexibility index (Phi) is 7.49. The van der Waals surface area contributed by atoms with Gasteiger partial charge in [-0.15, -0.1) is 6.58 Å². The summed E-state index contributed by atoms with van der Waals surface area (Å²) in [6.45, 7) is 11.0. The minimum Gasteiger partial charge on any atom is -0.458 e. The van der Waals surface area contributed by atoms with E-state index in [1.807, 2.05) is 37.3 Å². The van der Waals surface area contributed by atoms with Gasteiger partial charge in [-0.1, -0.05) is 43.3 Å². The largest absolute Gasteiger partial charge is 0.458 e. The van der Waals surface area contributed by atoms with Gasteiger partial charge in [-0.25, -0.2) is 9.59 Å². The summed E-state index contributed by atoms with van der Waals surface area (Å²) in [4.78, 5) is 24.4. The van der Waals surface area contributed by atoms with Gasteiger partial charge in [-0.05, 0) is 38.7 Å². The van der Waals surface area contributed by atoms with Crippen LogP contribution in [0, 0.1) is 5.92 Å². The number of alkyl carbamates (subject to hydrolysis) is 1. The summed E-state index contributed by atoms with van der Waals surface area (Å²) < 4.78 is 10.6. The van der Waals surface area contributed by atoms with Crippen LogP contribution in [0.2, 0.25) is 0 Å². The first-order valence-electron chi connectivity index (χ1n) is 8.04. The van der Waals surface area contributed by atoms with Crippen LogP contribution in [0.3, 0.4) is 0 Å². The second kappa shape index (κ2) is 9.11. The number of carbonyl (C=O) groups excluding carboxylic acids is 2. The van der Waals surface area contributed by atoms with Crippen molar-refractivity contribution in [3.63, 3.8) is 0 Å². The zero-order chi connectivity index (χ0) is 18.2. The lowest BCUT2D eigenvalue weighted by Gasteiger charge is -2.27. The molecule has 1 aromatic rings. The molecule has 24 heavy (non-hydrogen) atoms. The van der Waals surface area contributed by atoms with E-state index in [4.69, 9.17) is 9.47 Å². The Hall–Kier alpha value is -2.30. The van der Waals surface area contributed by atoms with E-state index in [-0.39, 0.29) is 12.5 Å². The van der Waals surface area contributed by atoms with Crippen molar-refractivity contribution in [1.82, 2.24) is 5.32 Å². The molecule has 0 spiro atoms. The number of amides is 1. The van der Waals surface area contributed by atoms with Crippen molar-refractivity contribution < 1.29 is 19.1 Å². The monoisotopic (exact) mass is 333 g/mol. The zero-order valence-corrected chi connectivity index (χ0v) is 14.9. The van der Waals surface area contributed by atoms with E-state index in [1.165, 1.54) is 0 Å². The number of hydrogen-bond acceptors (Lipinski definition) is 4. The summed E-state index contributed by atoms with van der Waals surface area (Å²) >= 11 is 0. The molecule has 0 aliphatic rings. The number of carbonyl (C=O) groups is 2. The normalized spacial score (nSPS) is 13.5. The average molecular weight is 333 g/mol. The van der Waals surface area contributed by atoms with Gasteiger partial charge >= 0.3 is 12.1 Å². The number of allylic oxidation sites excluding steroid dienone is 1. The summed E-state index contributed by atoms with van der Waals surface area (Å²) in [7, 11) is 0. The summed E-state index contributed by atoms with van der Waals surface area (Å²) in [5.41, 5.74) is 0.249. The first kappa shape index (κ1) is 19.7. The van der Waals surface area contributed by atoms with Crippen molar-refractivity contribution in [2.24, 2.45) is 5.92 Å². The lowest BCUT2D eigenvalue weighted by atomic mass is 9.98. The number of nitrogens with one attached hydrogen (secondary N) is 1. The van der Waals surface area contributed by atoms with Crippen LogP contribution >= 0.6 is 0 Å². The van der Waals surface area contributed by atoms with Crippen LogP contribution < -0.4 is 5.32 Å². The van der Waals surface area contributed by atoms with Gasteiger partial charge in [0.25, 0.3) is 0 Å². The molecule has 1 amide bonds. The number of hydrogen-bond donors (Lipinski definition) is 1. The van der Waals surface area contributed by atoms with Gasteiger partial charge in [0.2, 0.25) is 0 Å². The molecule has 2 atom stereocenters. The predicted molar refractivity (Wildman–Crippen MR) is 93.4 cm³/mol.